The van der Waals surface area contributed by atoms with Crippen molar-refractivity contribution in [1.29, 1.82) is 0 Å². The van der Waals surface area contributed by atoms with E-state index >= 15 is 0 Å². The van der Waals surface area contributed by atoms with Crippen molar-refractivity contribution in [3.8, 4) is 0 Å². The fraction of sp³-hybridized carbons (Fsp3) is 0.533. The van der Waals surface area contributed by atoms with Crippen LogP contribution in [-0.2, 0) is 16.0 Å². The van der Waals surface area contributed by atoms with Gasteiger partial charge in [-0.15, -0.1) is 0 Å². The molecule has 6 heteroatoms. The van der Waals surface area contributed by atoms with Crippen LogP contribution >= 0.6 is 0 Å². The van der Waals surface area contributed by atoms with Gasteiger partial charge in [0, 0.05) is 5.69 Å². The van der Waals surface area contributed by atoms with Gasteiger partial charge in [0.15, 0.2) is 5.78 Å². The first kappa shape index (κ1) is 16.9. The Balaban J connectivity index is 2.66. The summed E-state index contributed by atoms with van der Waals surface area (Å²) in [5.41, 5.74) is 5.05. The number of anilines is 1. The van der Waals surface area contributed by atoms with Crippen molar-refractivity contribution in [2.24, 2.45) is 0 Å². The maximum absolute atomic E-state index is 12.3. The number of pyridine rings is 1. The molecule has 0 radical (unpaired) electrons. The van der Waals surface area contributed by atoms with Gasteiger partial charge in [-0.3, -0.25) is 9.78 Å². The van der Waals surface area contributed by atoms with Crippen molar-refractivity contribution in [3.63, 3.8) is 0 Å². The van der Waals surface area contributed by atoms with Gasteiger partial charge in [0.1, 0.15) is 5.60 Å². The molecule has 3 N–H and O–H groups in total. The molecule has 1 aromatic rings. The molecule has 0 spiro atoms. The van der Waals surface area contributed by atoms with Crippen LogP contribution in [-0.4, -0.2) is 28.0 Å². The van der Waals surface area contributed by atoms with Gasteiger partial charge < -0.3 is 15.8 Å². The van der Waals surface area contributed by atoms with Gasteiger partial charge in [0.25, 0.3) is 0 Å². The predicted molar refractivity (Wildman–Crippen MR) is 80.8 cm³/mol. The van der Waals surface area contributed by atoms with E-state index in [9.17, 15) is 9.59 Å². The normalized spacial score (nSPS) is 11.9. The molecule has 0 fully saturated rings. The molecule has 1 rings (SSSR count). The Morgan fingerprint density at radius 3 is 2.33 bits per heavy atom. The van der Waals surface area contributed by atoms with Crippen molar-refractivity contribution in [2.75, 3.05) is 5.73 Å². The predicted octanol–water partition coefficient (Wildman–Crippen LogP) is 2.08. The van der Waals surface area contributed by atoms with Crippen LogP contribution in [0.15, 0.2) is 18.3 Å². The van der Waals surface area contributed by atoms with Crippen LogP contribution in [0, 0.1) is 0 Å². The molecule has 1 heterocycles. The maximum Gasteiger partial charge on any atom is 0.408 e. The number of ether oxygens (including phenoxy) is 1. The number of nitrogen functional groups attached to an aromatic ring is 1. The van der Waals surface area contributed by atoms with E-state index in [1.54, 1.807) is 46.8 Å². The largest absolute Gasteiger partial charge is 0.444 e. The fourth-order valence-electron chi connectivity index (χ4n) is 1.55. The monoisotopic (exact) mass is 293 g/mol. The highest BCUT2D eigenvalue weighted by Crippen LogP contribution is 2.12. The maximum atomic E-state index is 12.3. The van der Waals surface area contributed by atoms with E-state index < -0.39 is 17.2 Å². The van der Waals surface area contributed by atoms with Crippen molar-refractivity contribution in [2.45, 2.75) is 52.2 Å². The second-order valence-corrected chi connectivity index (χ2v) is 6.43. The summed E-state index contributed by atoms with van der Waals surface area (Å²) in [6.07, 6.45) is 0.992. The van der Waals surface area contributed by atoms with Crippen LogP contribution in [0.1, 0.15) is 40.3 Å². The number of rotatable bonds is 4. The molecule has 0 saturated carbocycles. The summed E-state index contributed by atoms with van der Waals surface area (Å²) in [5.74, 6) is -0.161. The van der Waals surface area contributed by atoms with Crippen LogP contribution in [0.4, 0.5) is 10.5 Å². The lowest BCUT2D eigenvalue weighted by Gasteiger charge is -2.27. The Bertz CT molecular complexity index is 516. The number of amides is 1. The Morgan fingerprint density at radius 1 is 1.24 bits per heavy atom. The standard InChI is InChI=1S/C15H23N3O3/c1-14(2,3)21-13(20)18-15(4,5)12(19)8-11-7-6-10(16)9-17-11/h6-7,9H,8,16H2,1-5H3,(H,18,20). The van der Waals surface area contributed by atoms with E-state index in [1.165, 1.54) is 6.20 Å². The van der Waals surface area contributed by atoms with Crippen molar-refractivity contribution >= 4 is 17.6 Å². The molecule has 0 unspecified atom stereocenters. The zero-order valence-electron chi connectivity index (χ0n) is 13.2. The van der Waals surface area contributed by atoms with Crippen molar-refractivity contribution in [1.82, 2.24) is 10.3 Å². The van der Waals surface area contributed by atoms with Gasteiger partial charge in [0.2, 0.25) is 0 Å². The average molecular weight is 293 g/mol. The van der Waals surface area contributed by atoms with Gasteiger partial charge in [-0.05, 0) is 46.8 Å². The van der Waals surface area contributed by atoms with Crippen molar-refractivity contribution in [3.05, 3.63) is 24.0 Å². The molecule has 0 aliphatic carbocycles. The average Bonchev–Trinajstić information content (AvgIpc) is 2.28. The van der Waals surface area contributed by atoms with Crippen LogP contribution in [0.5, 0.6) is 0 Å². The van der Waals surface area contributed by atoms with Crippen LogP contribution < -0.4 is 11.1 Å². The number of nitrogens with zero attached hydrogens (tertiary/aromatic N) is 1. The van der Waals surface area contributed by atoms with E-state index in [0.29, 0.717) is 11.4 Å². The number of ketones is 1. The topological polar surface area (TPSA) is 94.3 Å². The number of aromatic nitrogens is 1. The van der Waals surface area contributed by atoms with E-state index in [2.05, 4.69) is 10.3 Å². The molecular formula is C15H23N3O3. The SMILES string of the molecule is CC(C)(C)OC(=O)NC(C)(C)C(=O)Cc1ccc(N)cn1. The van der Waals surface area contributed by atoms with Crippen LogP contribution in [0.2, 0.25) is 0 Å². The summed E-state index contributed by atoms with van der Waals surface area (Å²) in [6, 6.07) is 3.38. The molecule has 0 aliphatic rings. The fourth-order valence-corrected chi connectivity index (χ4v) is 1.55. The first-order valence-electron chi connectivity index (χ1n) is 6.74. The van der Waals surface area contributed by atoms with E-state index in [1.807, 2.05) is 0 Å². The molecule has 21 heavy (non-hydrogen) atoms. The summed E-state index contributed by atoms with van der Waals surface area (Å²) in [4.78, 5) is 28.1. The second-order valence-electron chi connectivity index (χ2n) is 6.43. The molecule has 0 aliphatic heterocycles. The number of carbonyl (C=O) groups is 2. The highest BCUT2D eigenvalue weighted by molar-refractivity contribution is 5.92. The second kappa shape index (κ2) is 6.11. The molecule has 0 aromatic carbocycles. The Labute approximate surface area is 125 Å². The summed E-state index contributed by atoms with van der Waals surface area (Å²) < 4.78 is 5.16. The highest BCUT2D eigenvalue weighted by atomic mass is 16.6. The van der Waals surface area contributed by atoms with Gasteiger partial charge in [-0.2, -0.15) is 0 Å². The Kier molecular flexibility index (Phi) is 4.93. The van der Waals surface area contributed by atoms with Gasteiger partial charge in [0.05, 0.1) is 23.8 Å². The number of alkyl carbamates (subject to hydrolysis) is 1. The Hall–Kier alpha value is -2.11. The third kappa shape index (κ3) is 5.81. The zero-order chi connectivity index (χ0) is 16.3. The number of hydrogen-bond acceptors (Lipinski definition) is 5. The van der Waals surface area contributed by atoms with E-state index in [-0.39, 0.29) is 12.2 Å². The molecule has 116 valence electrons. The lowest BCUT2D eigenvalue weighted by molar-refractivity contribution is -0.123. The van der Waals surface area contributed by atoms with E-state index in [4.69, 9.17) is 10.5 Å². The zero-order valence-corrected chi connectivity index (χ0v) is 13.2. The lowest BCUT2D eigenvalue weighted by atomic mass is 9.95. The minimum Gasteiger partial charge on any atom is -0.444 e. The summed E-state index contributed by atoms with van der Waals surface area (Å²) >= 11 is 0. The third-order valence-electron chi connectivity index (χ3n) is 2.70. The quantitative estimate of drug-likeness (QED) is 0.886. The van der Waals surface area contributed by atoms with Crippen LogP contribution in [0.3, 0.4) is 0 Å². The number of Topliss-reactive ketones (excluding diaryl/α,β-unsaturated/α-hetero) is 1. The molecule has 1 aromatic heterocycles. The third-order valence-corrected chi connectivity index (χ3v) is 2.70. The molecule has 0 atom stereocenters. The molecule has 6 nitrogen and oxygen atoms in total. The van der Waals surface area contributed by atoms with Crippen LogP contribution in [0.25, 0.3) is 0 Å². The molecule has 1 amide bonds. The minimum atomic E-state index is -1.04. The lowest BCUT2D eigenvalue weighted by Crippen LogP contribution is -2.51. The first-order valence-corrected chi connectivity index (χ1v) is 6.74. The van der Waals surface area contributed by atoms with E-state index in [0.717, 1.165) is 0 Å². The van der Waals surface area contributed by atoms with Gasteiger partial charge in [-0.1, -0.05) is 0 Å². The molecule has 0 saturated heterocycles. The summed E-state index contributed by atoms with van der Waals surface area (Å²) in [5, 5.41) is 2.58. The van der Waals surface area contributed by atoms with Crippen molar-refractivity contribution < 1.29 is 14.3 Å². The van der Waals surface area contributed by atoms with Gasteiger partial charge in [-0.25, -0.2) is 4.79 Å². The van der Waals surface area contributed by atoms with Gasteiger partial charge >= 0.3 is 6.09 Å². The Morgan fingerprint density at radius 2 is 1.86 bits per heavy atom. The minimum absolute atomic E-state index is 0.114. The smallest absolute Gasteiger partial charge is 0.408 e. The summed E-state index contributed by atoms with van der Waals surface area (Å²) in [7, 11) is 0. The number of hydrogen-bond donors (Lipinski definition) is 2. The number of nitrogens with two attached hydrogens (primary N) is 1. The molecular weight excluding hydrogens is 270 g/mol. The number of nitrogens with one attached hydrogen (secondary N) is 1. The number of carbonyl (C=O) groups excluding carboxylic acids is 2. The molecule has 0 bridgehead atoms. The summed E-state index contributed by atoms with van der Waals surface area (Å²) in [6.45, 7) is 8.56. The highest BCUT2D eigenvalue weighted by Gasteiger charge is 2.31. The first-order chi connectivity index (χ1) is 9.49.